The smallest absolute Gasteiger partial charge is 0.267 e. The van der Waals surface area contributed by atoms with Crippen LogP contribution in [0, 0.1) is 0 Å². The van der Waals surface area contributed by atoms with E-state index in [4.69, 9.17) is 49.8 Å². The zero-order valence-electron chi connectivity index (χ0n) is 22.1. The molecule has 2 aliphatic heterocycles. The van der Waals surface area contributed by atoms with Crippen LogP contribution in [-0.2, 0) is 56.4 Å². The number of benzene rings is 4. The molecule has 0 aromatic heterocycles. The van der Waals surface area contributed by atoms with Crippen molar-refractivity contribution in [1.29, 1.82) is 1.12 Å². The molecule has 2 heterocycles. The molecule has 4 aromatic rings. The summed E-state index contributed by atoms with van der Waals surface area (Å²) >= 11 is 25.6. The van der Waals surface area contributed by atoms with E-state index in [2.05, 4.69) is 61.4 Å². The van der Waals surface area contributed by atoms with Gasteiger partial charge in [-0.3, -0.25) is 0 Å². The first-order valence-corrected chi connectivity index (χ1v) is 20.7. The van der Waals surface area contributed by atoms with Gasteiger partial charge in [-0.2, -0.15) is 13.4 Å². The predicted octanol–water partition coefficient (Wildman–Crippen LogP) is 7.05. The molecular weight excluding hydrogens is 701 g/mol. The number of fused-ring (bicyclic) bond motifs is 6. The number of rotatable bonds is 0. The molecule has 208 valence electrons. The molecule has 6 rings (SSSR count). The van der Waals surface area contributed by atoms with Crippen LogP contribution >= 0.6 is 52.1 Å². The molecule has 0 fully saturated rings. The monoisotopic (exact) mass is 724 g/mol. The van der Waals surface area contributed by atoms with Crippen molar-refractivity contribution in [2.75, 3.05) is 0 Å². The van der Waals surface area contributed by atoms with Gasteiger partial charge in [0, 0.05) is 16.4 Å². The van der Waals surface area contributed by atoms with Crippen LogP contribution in [0.2, 0.25) is 0 Å². The Morgan fingerprint density at radius 1 is 0.700 bits per heavy atom. The Hall–Kier alpha value is -0.700. The minimum atomic E-state index is -2.88. The van der Waals surface area contributed by atoms with Crippen molar-refractivity contribution in [3.05, 3.63) is 97.1 Å². The van der Waals surface area contributed by atoms with E-state index in [9.17, 15) is 4.89 Å². The predicted molar refractivity (Wildman–Crippen MR) is 188 cm³/mol. The number of hydrogen-bond donors (Lipinski definition) is 2. The van der Waals surface area contributed by atoms with Crippen molar-refractivity contribution in [2.45, 2.75) is 0 Å². The molecule has 0 bridgehead atoms. The van der Waals surface area contributed by atoms with Crippen LogP contribution < -0.4 is 19.7 Å². The van der Waals surface area contributed by atoms with E-state index in [0.717, 1.165) is 38.6 Å². The Balaban J connectivity index is 0.000000323. The standard InChI is InChI=1S/C12H9O2PS.C12H9OPS2.2OPS.H2O.H2S/c13-15(16)12-8-4-2-6-10(12)9-5-1-3-7-11(9)14-15;15-14(16)12-8-4-2-6-10(12)9-5-1-3-7-11(9)13-14;2*1-2-3;;/h1-8H,(H,13,16);1-8H,(H,15,16);;;2*1H2/q;;2*+1;;/i/hD2. The van der Waals surface area contributed by atoms with Gasteiger partial charge >= 0.3 is 47.2 Å². The molecule has 40 heavy (non-hydrogen) atoms. The molecule has 16 heteroatoms. The molecule has 2 unspecified atom stereocenters. The summed E-state index contributed by atoms with van der Waals surface area (Å²) in [7, 11) is -0.500. The van der Waals surface area contributed by atoms with E-state index < -0.39 is 12.0 Å². The van der Waals surface area contributed by atoms with Crippen molar-refractivity contribution in [1.82, 2.24) is 0 Å². The SMILES string of the molecule is O=[P+]=S.O=[P+]=S.OP1(=S)Oc2ccccc2-c2ccccc21.S=P1(S)Oc2ccccc2-c2ccccc21.[2H]O.[2H]S. The maximum atomic E-state index is 10.2. The van der Waals surface area contributed by atoms with Gasteiger partial charge < -0.3 is 19.4 Å². The minimum Gasteiger partial charge on any atom is -0.453 e. The van der Waals surface area contributed by atoms with Crippen LogP contribution in [0.15, 0.2) is 97.1 Å². The zero-order chi connectivity index (χ0) is 31.8. The van der Waals surface area contributed by atoms with Gasteiger partial charge in [-0.25, -0.2) is 0 Å². The van der Waals surface area contributed by atoms with Crippen molar-refractivity contribution >= 4 is 110 Å². The van der Waals surface area contributed by atoms with Crippen LogP contribution in [0.5, 0.6) is 11.5 Å². The number of hydrogen-bond acceptors (Lipinski definition) is 8. The maximum Gasteiger partial charge on any atom is 0.267 e. The Morgan fingerprint density at radius 2 is 1.02 bits per heavy atom. The van der Waals surface area contributed by atoms with Gasteiger partial charge in [-0.05, 0) is 59.0 Å². The van der Waals surface area contributed by atoms with Gasteiger partial charge in [0.25, 0.3) is 6.49 Å². The summed E-state index contributed by atoms with van der Waals surface area (Å²) in [6, 6.07) is 31.3. The topological polar surface area (TPSA) is 104 Å². The Labute approximate surface area is 270 Å². The van der Waals surface area contributed by atoms with Gasteiger partial charge in [0.15, 0.2) is 5.47 Å². The second kappa shape index (κ2) is 17.4. The van der Waals surface area contributed by atoms with Gasteiger partial charge in [-0.1, -0.05) is 85.0 Å². The van der Waals surface area contributed by atoms with Crippen LogP contribution in [0.25, 0.3) is 22.3 Å². The third-order valence-electron chi connectivity index (χ3n) is 5.22. The quantitative estimate of drug-likeness (QED) is 0.146. The van der Waals surface area contributed by atoms with Crippen LogP contribution in [0.1, 0.15) is 1.43 Å². The Bertz CT molecular complexity index is 1530. The van der Waals surface area contributed by atoms with E-state index in [1.165, 1.54) is 0 Å². The molecular formula is C24H22O6P4S6+2. The zero-order valence-corrected chi connectivity index (χ0v) is 28.7. The van der Waals surface area contributed by atoms with Crippen LogP contribution in [0.3, 0.4) is 0 Å². The third-order valence-corrected chi connectivity index (χ3v) is 10.6. The molecule has 0 radical (unpaired) electrons. The van der Waals surface area contributed by atoms with E-state index >= 15 is 0 Å². The van der Waals surface area contributed by atoms with E-state index in [1.807, 2.05) is 84.9 Å². The first kappa shape index (κ1) is 33.8. The molecule has 6 nitrogen and oxygen atoms in total. The van der Waals surface area contributed by atoms with Crippen LogP contribution in [0.4, 0.5) is 0 Å². The third kappa shape index (κ3) is 9.15. The molecule has 3 N–H and O–H groups in total. The molecule has 0 aliphatic carbocycles. The van der Waals surface area contributed by atoms with Crippen molar-refractivity contribution in [3.8, 4) is 33.8 Å². The Morgan fingerprint density at radius 3 is 1.50 bits per heavy atom. The van der Waals surface area contributed by atoms with Crippen LogP contribution in [-0.4, -0.2) is 11.5 Å². The second-order valence-corrected chi connectivity index (χ2v) is 17.5. The summed E-state index contributed by atoms with van der Waals surface area (Å²) < 4.78 is 39.0. The average molecular weight is 725 g/mol. The average Bonchev–Trinajstić information content (AvgIpc) is 3.00. The van der Waals surface area contributed by atoms with Crippen molar-refractivity contribution in [3.63, 3.8) is 0 Å². The molecule has 0 saturated carbocycles. The minimum absolute atomic E-state index is 0.250. The fraction of sp³-hybridized carbons (Fsp3) is 0. The number of para-hydroxylation sites is 2. The first-order valence-electron chi connectivity index (χ1n) is 11.4. The molecule has 4 aromatic carbocycles. The van der Waals surface area contributed by atoms with Gasteiger partial charge in [-0.15, -0.1) is 0 Å². The molecule has 0 spiro atoms. The van der Waals surface area contributed by atoms with E-state index in [0.29, 0.717) is 5.75 Å². The van der Waals surface area contributed by atoms with Gasteiger partial charge in [0.05, 0.1) is 6.43 Å². The summed E-state index contributed by atoms with van der Waals surface area (Å²) in [6.07, 6.45) is 0. The van der Waals surface area contributed by atoms with Gasteiger partial charge in [0.1, 0.15) is 11.5 Å². The summed E-state index contributed by atoms with van der Waals surface area (Å²) in [6.45, 7) is -2.88. The normalized spacial score (nSPS) is 18.4. The summed E-state index contributed by atoms with van der Waals surface area (Å²) in [5, 5.41) is 1.79. The molecule has 0 amide bonds. The fourth-order valence-electron chi connectivity index (χ4n) is 3.80. The molecule has 2 atom stereocenters. The second-order valence-electron chi connectivity index (χ2n) is 7.40. The van der Waals surface area contributed by atoms with Crippen molar-refractivity contribution in [2.24, 2.45) is 0 Å². The molecule has 2 aliphatic rings. The maximum absolute atomic E-state index is 10.2. The van der Waals surface area contributed by atoms with E-state index in [-0.39, 0.29) is 14.5 Å². The van der Waals surface area contributed by atoms with Gasteiger partial charge in [0.2, 0.25) is 1.43 Å². The summed E-state index contributed by atoms with van der Waals surface area (Å²) in [5.74, 6) is 1.52. The molecule has 0 saturated heterocycles. The number of thiol groups is 1. The van der Waals surface area contributed by atoms with Crippen molar-refractivity contribution < 1.29 is 30.0 Å². The summed E-state index contributed by atoms with van der Waals surface area (Å²) in [4.78, 5) is 10.2. The largest absolute Gasteiger partial charge is 0.453 e. The van der Waals surface area contributed by atoms with E-state index in [1.54, 1.807) is 0 Å². The Kier molecular flexibility index (Phi) is 14.7. The fourth-order valence-corrected chi connectivity index (χ4v) is 8.62. The summed E-state index contributed by atoms with van der Waals surface area (Å²) in [5.41, 5.74) is 8.30. The first-order chi connectivity index (χ1) is 20.2.